The number of benzene rings is 2. The van der Waals surface area contributed by atoms with E-state index in [2.05, 4.69) is 4.83 Å². The Kier molecular flexibility index (Phi) is 11.1. The van der Waals surface area contributed by atoms with Gasteiger partial charge in [0.1, 0.15) is 11.0 Å². The molecule has 10 heteroatoms. The Labute approximate surface area is 207 Å². The third kappa shape index (κ3) is 8.18. The summed E-state index contributed by atoms with van der Waals surface area (Å²) in [5, 5.41) is 8.74. The quantitative estimate of drug-likeness (QED) is 0.270. The number of ether oxygens (including phenoxy) is 2. The number of nitrogens with one attached hydrogen (secondary N) is 2. The van der Waals surface area contributed by atoms with E-state index < -0.39 is 21.2 Å². The maximum atomic E-state index is 13.2. The van der Waals surface area contributed by atoms with Crippen molar-refractivity contribution in [1.29, 1.82) is 5.41 Å². The largest absolute Gasteiger partial charge is 0.427 e. The normalized spacial score (nSPS) is 15.2. The van der Waals surface area contributed by atoms with Crippen LogP contribution in [0.25, 0.3) is 0 Å². The molecule has 0 spiro atoms. The van der Waals surface area contributed by atoms with E-state index in [-0.39, 0.29) is 25.2 Å². The standard InChI is InChI=1S/C24H31N3O5S.ClH/c1-2-6-22(25)19-9-11-21(12-10-19)32-24(28)14-13-23(20-7-4-3-5-8-20)33(29,30)26-27-15-17-31-18-16-27;/h3-5,7-12,23,25-26H,2,6,13-18H2,1H3;1H. The Balaban J connectivity index is 0.00000408. The lowest BCUT2D eigenvalue weighted by molar-refractivity contribution is -0.134. The number of halogens is 1. The Bertz CT molecular complexity index is 1030. The first-order chi connectivity index (χ1) is 15.9. The van der Waals surface area contributed by atoms with E-state index >= 15 is 0 Å². The first-order valence-corrected chi connectivity index (χ1v) is 12.7. The number of sulfonamides is 1. The molecule has 0 saturated carbocycles. The molecule has 1 unspecified atom stereocenters. The summed E-state index contributed by atoms with van der Waals surface area (Å²) < 4.78 is 37.0. The zero-order valence-corrected chi connectivity index (χ0v) is 20.9. The van der Waals surface area contributed by atoms with E-state index in [0.29, 0.717) is 49.7 Å². The lowest BCUT2D eigenvalue weighted by Gasteiger charge is -2.29. The first kappa shape index (κ1) is 27.9. The van der Waals surface area contributed by atoms with Crippen LogP contribution in [-0.4, -0.2) is 51.4 Å². The van der Waals surface area contributed by atoms with E-state index in [1.165, 1.54) is 0 Å². The number of hydrogen-bond acceptors (Lipinski definition) is 7. The van der Waals surface area contributed by atoms with Gasteiger partial charge in [-0.05, 0) is 48.2 Å². The third-order valence-corrected chi connectivity index (χ3v) is 7.13. The fourth-order valence-corrected chi connectivity index (χ4v) is 5.23. The number of carbonyl (C=O) groups excluding carboxylic acids is 1. The van der Waals surface area contributed by atoms with Gasteiger partial charge in [0.2, 0.25) is 10.0 Å². The van der Waals surface area contributed by atoms with Crippen molar-refractivity contribution in [3.63, 3.8) is 0 Å². The van der Waals surface area contributed by atoms with Gasteiger partial charge in [-0.25, -0.2) is 13.4 Å². The molecule has 0 aromatic heterocycles. The summed E-state index contributed by atoms with van der Waals surface area (Å²) in [4.78, 5) is 15.1. The molecule has 2 aromatic carbocycles. The van der Waals surface area contributed by atoms with Gasteiger partial charge in [-0.2, -0.15) is 0 Å². The highest BCUT2D eigenvalue weighted by molar-refractivity contribution is 7.89. The molecule has 0 aliphatic carbocycles. The van der Waals surface area contributed by atoms with Gasteiger partial charge in [-0.15, -0.1) is 17.2 Å². The van der Waals surface area contributed by atoms with Crippen LogP contribution in [0.4, 0.5) is 0 Å². The molecular weight excluding hydrogens is 478 g/mol. The summed E-state index contributed by atoms with van der Waals surface area (Å²) in [5.74, 6) is -0.132. The molecule has 1 fully saturated rings. The molecule has 1 heterocycles. The van der Waals surface area contributed by atoms with Crippen molar-refractivity contribution >= 4 is 34.1 Å². The maximum Gasteiger partial charge on any atom is 0.311 e. The first-order valence-electron chi connectivity index (χ1n) is 11.2. The molecule has 0 amide bonds. The number of rotatable bonds is 11. The molecule has 1 saturated heterocycles. The molecule has 0 radical (unpaired) electrons. The summed E-state index contributed by atoms with van der Waals surface area (Å²) in [5.41, 5.74) is 1.95. The Hall–Kier alpha value is -2.30. The summed E-state index contributed by atoms with van der Waals surface area (Å²) in [6, 6.07) is 15.7. The Morgan fingerprint density at radius 1 is 1.09 bits per heavy atom. The van der Waals surface area contributed by atoms with Gasteiger partial charge in [-0.1, -0.05) is 43.7 Å². The second kappa shape index (κ2) is 13.6. The molecule has 1 aliphatic heterocycles. The van der Waals surface area contributed by atoms with Crippen LogP contribution in [0, 0.1) is 5.41 Å². The number of esters is 1. The lowest BCUT2D eigenvalue weighted by atomic mass is 10.1. The fraction of sp³-hybridized carbons (Fsp3) is 0.417. The molecule has 34 heavy (non-hydrogen) atoms. The van der Waals surface area contributed by atoms with Crippen LogP contribution in [0.15, 0.2) is 54.6 Å². The Morgan fingerprint density at radius 2 is 1.74 bits per heavy atom. The molecule has 0 bridgehead atoms. The minimum Gasteiger partial charge on any atom is -0.427 e. The van der Waals surface area contributed by atoms with Crippen LogP contribution in [0.5, 0.6) is 5.75 Å². The molecule has 186 valence electrons. The van der Waals surface area contributed by atoms with Gasteiger partial charge in [0, 0.05) is 25.2 Å². The SMILES string of the molecule is CCCC(=N)c1ccc(OC(=O)CCC(c2ccccc2)S(=O)(=O)NN2CCOCC2)cc1.Cl. The van der Waals surface area contributed by atoms with E-state index in [0.717, 1.165) is 12.0 Å². The molecule has 8 nitrogen and oxygen atoms in total. The number of morpholine rings is 1. The summed E-state index contributed by atoms with van der Waals surface area (Å²) in [6.07, 6.45) is 1.60. The second-order valence-corrected chi connectivity index (χ2v) is 9.74. The van der Waals surface area contributed by atoms with Gasteiger partial charge in [0.05, 0.1) is 13.2 Å². The topological polar surface area (TPSA) is 109 Å². The Morgan fingerprint density at radius 3 is 2.35 bits per heavy atom. The zero-order valence-electron chi connectivity index (χ0n) is 19.2. The van der Waals surface area contributed by atoms with Gasteiger partial charge < -0.3 is 14.9 Å². The number of hydrogen-bond donors (Lipinski definition) is 2. The van der Waals surface area contributed by atoms with Crippen LogP contribution in [0.1, 0.15) is 49.0 Å². The van der Waals surface area contributed by atoms with Crippen LogP contribution < -0.4 is 9.57 Å². The summed E-state index contributed by atoms with van der Waals surface area (Å²) in [6.45, 7) is 3.87. The molecule has 3 rings (SSSR count). The second-order valence-electron chi connectivity index (χ2n) is 7.90. The summed E-state index contributed by atoms with van der Waals surface area (Å²) >= 11 is 0. The summed E-state index contributed by atoms with van der Waals surface area (Å²) in [7, 11) is -3.78. The molecule has 1 atom stereocenters. The monoisotopic (exact) mass is 509 g/mol. The van der Waals surface area contributed by atoms with E-state index in [1.807, 2.05) is 13.0 Å². The van der Waals surface area contributed by atoms with Gasteiger partial charge in [-0.3, -0.25) is 4.79 Å². The van der Waals surface area contributed by atoms with E-state index in [1.54, 1.807) is 53.5 Å². The molecule has 2 N–H and O–H groups in total. The number of hydrazine groups is 1. The zero-order chi connectivity index (χ0) is 23.7. The molecule has 1 aliphatic rings. The predicted octanol–water partition coefficient (Wildman–Crippen LogP) is 3.87. The predicted molar refractivity (Wildman–Crippen MR) is 134 cm³/mol. The van der Waals surface area contributed by atoms with Crippen molar-refractivity contribution in [2.75, 3.05) is 26.3 Å². The van der Waals surface area contributed by atoms with Crippen LogP contribution >= 0.6 is 12.4 Å². The van der Waals surface area contributed by atoms with Crippen molar-refractivity contribution < 1.29 is 22.7 Å². The minimum atomic E-state index is -3.78. The smallest absolute Gasteiger partial charge is 0.311 e. The average Bonchev–Trinajstić information content (AvgIpc) is 2.81. The van der Waals surface area contributed by atoms with Crippen molar-refractivity contribution in [1.82, 2.24) is 9.84 Å². The van der Waals surface area contributed by atoms with E-state index in [9.17, 15) is 13.2 Å². The number of carbonyl (C=O) groups is 1. The highest BCUT2D eigenvalue weighted by Crippen LogP contribution is 2.27. The van der Waals surface area contributed by atoms with Crippen molar-refractivity contribution in [2.24, 2.45) is 0 Å². The van der Waals surface area contributed by atoms with Crippen molar-refractivity contribution in [2.45, 2.75) is 37.9 Å². The highest BCUT2D eigenvalue weighted by atomic mass is 35.5. The van der Waals surface area contributed by atoms with Gasteiger partial charge in [0.15, 0.2) is 0 Å². The minimum absolute atomic E-state index is 0. The number of nitrogens with zero attached hydrogens (tertiary/aromatic N) is 1. The lowest BCUT2D eigenvalue weighted by Crippen LogP contribution is -2.49. The van der Waals surface area contributed by atoms with Crippen LogP contribution in [0.2, 0.25) is 0 Å². The average molecular weight is 510 g/mol. The molecular formula is C24H32ClN3O5S. The molecule has 2 aromatic rings. The van der Waals surface area contributed by atoms with E-state index in [4.69, 9.17) is 14.9 Å². The fourth-order valence-electron chi connectivity index (χ4n) is 3.62. The van der Waals surface area contributed by atoms with Gasteiger partial charge >= 0.3 is 5.97 Å². The highest BCUT2D eigenvalue weighted by Gasteiger charge is 2.30. The van der Waals surface area contributed by atoms with Crippen LogP contribution in [0.3, 0.4) is 0 Å². The third-order valence-electron chi connectivity index (χ3n) is 5.36. The van der Waals surface area contributed by atoms with Crippen molar-refractivity contribution in [3.8, 4) is 5.75 Å². The maximum absolute atomic E-state index is 13.2. The van der Waals surface area contributed by atoms with Gasteiger partial charge in [0.25, 0.3) is 0 Å². The van der Waals surface area contributed by atoms with Crippen molar-refractivity contribution in [3.05, 3.63) is 65.7 Å². The van der Waals surface area contributed by atoms with Crippen LogP contribution in [-0.2, 0) is 19.6 Å².